The molecule has 0 aliphatic heterocycles. The van der Waals surface area contributed by atoms with E-state index in [1.54, 1.807) is 0 Å². The summed E-state index contributed by atoms with van der Waals surface area (Å²) in [6.07, 6.45) is 10.4. The Balaban J connectivity index is 2.05. The molecule has 0 aliphatic rings. The summed E-state index contributed by atoms with van der Waals surface area (Å²) in [6.45, 7) is 1.99. The van der Waals surface area contributed by atoms with Gasteiger partial charge in [-0.3, -0.25) is 0 Å². The predicted molar refractivity (Wildman–Crippen MR) is 59.8 cm³/mol. The fourth-order valence-electron chi connectivity index (χ4n) is 1.37. The molecule has 1 aromatic rings. The molecule has 0 amide bonds. The highest BCUT2D eigenvalue weighted by molar-refractivity contribution is 5.05. The van der Waals surface area contributed by atoms with Crippen LogP contribution in [0.5, 0.6) is 0 Å². The number of terminal acetylenes is 1. The number of rotatable bonds is 6. The molecule has 0 aliphatic carbocycles. The lowest BCUT2D eigenvalue weighted by Crippen LogP contribution is -2.16. The minimum atomic E-state index is 0.895. The van der Waals surface area contributed by atoms with Gasteiger partial charge in [-0.15, -0.1) is 12.3 Å². The van der Waals surface area contributed by atoms with Gasteiger partial charge in [0.15, 0.2) is 0 Å². The minimum Gasteiger partial charge on any atom is -0.353 e. The molecule has 0 fully saturated rings. The van der Waals surface area contributed by atoms with E-state index in [4.69, 9.17) is 6.42 Å². The van der Waals surface area contributed by atoms with E-state index in [0.29, 0.717) is 0 Å². The number of aromatic nitrogens is 1. The maximum Gasteiger partial charge on any atom is 0.0359 e. The minimum absolute atomic E-state index is 0.895. The molecule has 0 atom stereocenters. The van der Waals surface area contributed by atoms with Gasteiger partial charge < -0.3 is 9.88 Å². The van der Waals surface area contributed by atoms with Crippen LogP contribution < -0.4 is 5.32 Å². The van der Waals surface area contributed by atoms with E-state index in [-0.39, 0.29) is 0 Å². The van der Waals surface area contributed by atoms with E-state index in [2.05, 4.69) is 41.2 Å². The Kier molecular flexibility index (Phi) is 4.88. The third-order valence-electron chi connectivity index (χ3n) is 2.28. The van der Waals surface area contributed by atoms with Crippen LogP contribution in [0.1, 0.15) is 25.0 Å². The van der Waals surface area contributed by atoms with Gasteiger partial charge in [0.2, 0.25) is 0 Å². The van der Waals surface area contributed by atoms with Crippen LogP contribution in [0, 0.1) is 12.3 Å². The average Bonchev–Trinajstić information content (AvgIpc) is 2.58. The largest absolute Gasteiger partial charge is 0.353 e. The fourth-order valence-corrected chi connectivity index (χ4v) is 1.37. The first kappa shape index (κ1) is 10.9. The first-order valence-electron chi connectivity index (χ1n) is 5.09. The molecule has 0 saturated heterocycles. The number of aryl methyl sites for hydroxylation is 1. The zero-order valence-electron chi connectivity index (χ0n) is 8.79. The number of nitrogens with zero attached hydrogens (tertiary/aromatic N) is 1. The molecule has 76 valence electrons. The van der Waals surface area contributed by atoms with Gasteiger partial charge in [0.1, 0.15) is 0 Å². The van der Waals surface area contributed by atoms with Crippen molar-refractivity contribution in [1.82, 2.24) is 9.88 Å². The van der Waals surface area contributed by atoms with Gasteiger partial charge >= 0.3 is 0 Å². The summed E-state index contributed by atoms with van der Waals surface area (Å²) in [5, 5.41) is 3.40. The lowest BCUT2D eigenvalue weighted by Gasteiger charge is -2.05. The van der Waals surface area contributed by atoms with Crippen LogP contribution in [-0.4, -0.2) is 11.1 Å². The average molecular weight is 190 g/mol. The highest BCUT2D eigenvalue weighted by Gasteiger charge is 1.95. The van der Waals surface area contributed by atoms with Gasteiger partial charge in [0, 0.05) is 31.9 Å². The van der Waals surface area contributed by atoms with Crippen LogP contribution in [0.15, 0.2) is 18.3 Å². The second kappa shape index (κ2) is 6.28. The van der Waals surface area contributed by atoms with Gasteiger partial charge in [-0.05, 0) is 31.5 Å². The second-order valence-electron chi connectivity index (χ2n) is 3.45. The van der Waals surface area contributed by atoms with Crippen molar-refractivity contribution in [3.05, 3.63) is 24.0 Å². The summed E-state index contributed by atoms with van der Waals surface area (Å²) in [5.74, 6) is 2.65. The zero-order chi connectivity index (χ0) is 10.2. The lowest BCUT2D eigenvalue weighted by molar-refractivity contribution is 0.611. The predicted octanol–water partition coefficient (Wildman–Crippen LogP) is 1.92. The van der Waals surface area contributed by atoms with E-state index >= 15 is 0 Å². The van der Waals surface area contributed by atoms with Crippen LogP contribution in [0.2, 0.25) is 0 Å². The number of hydrogen-bond donors (Lipinski definition) is 1. The lowest BCUT2D eigenvalue weighted by atomic mass is 10.2. The molecule has 14 heavy (non-hydrogen) atoms. The van der Waals surface area contributed by atoms with Crippen molar-refractivity contribution in [3.63, 3.8) is 0 Å². The molecule has 2 nitrogen and oxygen atoms in total. The Hall–Kier alpha value is -1.20. The fraction of sp³-hybridized carbons (Fsp3) is 0.500. The van der Waals surface area contributed by atoms with Crippen LogP contribution in [0.25, 0.3) is 0 Å². The maximum absolute atomic E-state index is 5.17. The number of hydrogen-bond acceptors (Lipinski definition) is 1. The number of nitrogens with one attached hydrogen (secondary N) is 1. The quantitative estimate of drug-likeness (QED) is 0.535. The summed E-state index contributed by atoms with van der Waals surface area (Å²) in [4.78, 5) is 0. The third kappa shape index (κ3) is 3.68. The summed E-state index contributed by atoms with van der Waals surface area (Å²) >= 11 is 0. The number of unbranched alkanes of at least 4 members (excludes halogenated alkanes) is 2. The van der Waals surface area contributed by atoms with Crippen LogP contribution in [-0.2, 0) is 13.6 Å². The SMILES string of the molecule is C#CCCCCNCc1cccn1C. The molecule has 0 spiro atoms. The first-order chi connectivity index (χ1) is 6.84. The molecule has 1 aromatic heterocycles. The van der Waals surface area contributed by atoms with Crippen molar-refractivity contribution in [2.45, 2.75) is 25.8 Å². The monoisotopic (exact) mass is 190 g/mol. The summed E-state index contributed by atoms with van der Waals surface area (Å²) in [5.41, 5.74) is 1.32. The summed E-state index contributed by atoms with van der Waals surface area (Å²) < 4.78 is 2.13. The van der Waals surface area contributed by atoms with E-state index in [1.807, 2.05) is 0 Å². The van der Waals surface area contributed by atoms with Crippen molar-refractivity contribution in [1.29, 1.82) is 0 Å². The Morgan fingerprint density at radius 1 is 1.50 bits per heavy atom. The molecular formula is C12H18N2. The van der Waals surface area contributed by atoms with Crippen molar-refractivity contribution in [2.75, 3.05) is 6.54 Å². The van der Waals surface area contributed by atoms with Gasteiger partial charge in [-0.1, -0.05) is 0 Å². The third-order valence-corrected chi connectivity index (χ3v) is 2.28. The van der Waals surface area contributed by atoms with Crippen molar-refractivity contribution in [2.24, 2.45) is 7.05 Å². The topological polar surface area (TPSA) is 17.0 Å². The molecule has 1 N–H and O–H groups in total. The second-order valence-corrected chi connectivity index (χ2v) is 3.45. The Morgan fingerprint density at radius 2 is 2.36 bits per heavy atom. The van der Waals surface area contributed by atoms with E-state index in [1.165, 1.54) is 5.69 Å². The van der Waals surface area contributed by atoms with Gasteiger partial charge in [-0.25, -0.2) is 0 Å². The standard InChI is InChI=1S/C12H18N2/c1-3-4-5-6-9-13-11-12-8-7-10-14(12)2/h1,7-8,10,13H,4-6,9,11H2,2H3. The molecule has 0 bridgehead atoms. The van der Waals surface area contributed by atoms with Gasteiger partial charge in [0.25, 0.3) is 0 Å². The molecular weight excluding hydrogens is 172 g/mol. The summed E-state index contributed by atoms with van der Waals surface area (Å²) in [7, 11) is 2.06. The van der Waals surface area contributed by atoms with Crippen molar-refractivity contribution < 1.29 is 0 Å². The maximum atomic E-state index is 5.17. The van der Waals surface area contributed by atoms with Gasteiger partial charge in [0.05, 0.1) is 0 Å². The molecule has 0 aromatic carbocycles. The molecule has 1 heterocycles. The molecule has 2 heteroatoms. The van der Waals surface area contributed by atoms with Crippen LogP contribution in [0.4, 0.5) is 0 Å². The first-order valence-corrected chi connectivity index (χ1v) is 5.09. The Morgan fingerprint density at radius 3 is 3.00 bits per heavy atom. The Bertz CT molecular complexity index is 294. The van der Waals surface area contributed by atoms with Crippen LogP contribution in [0.3, 0.4) is 0 Å². The molecule has 0 saturated carbocycles. The van der Waals surface area contributed by atoms with Crippen LogP contribution >= 0.6 is 0 Å². The smallest absolute Gasteiger partial charge is 0.0359 e. The Labute approximate surface area is 86.3 Å². The van der Waals surface area contributed by atoms with Crippen molar-refractivity contribution >= 4 is 0 Å². The van der Waals surface area contributed by atoms with Gasteiger partial charge in [-0.2, -0.15) is 0 Å². The zero-order valence-corrected chi connectivity index (χ0v) is 8.79. The van der Waals surface area contributed by atoms with Crippen molar-refractivity contribution in [3.8, 4) is 12.3 Å². The van der Waals surface area contributed by atoms with E-state index in [0.717, 1.165) is 32.4 Å². The molecule has 1 rings (SSSR count). The normalized spacial score (nSPS) is 10.0. The summed E-state index contributed by atoms with van der Waals surface area (Å²) in [6, 6.07) is 4.20. The molecule has 0 unspecified atom stereocenters. The highest BCUT2D eigenvalue weighted by Crippen LogP contribution is 1.98. The molecule has 0 radical (unpaired) electrons. The van der Waals surface area contributed by atoms with E-state index < -0.39 is 0 Å². The van der Waals surface area contributed by atoms with E-state index in [9.17, 15) is 0 Å². The highest BCUT2D eigenvalue weighted by atomic mass is 15.0.